The molecule has 0 amide bonds. The van der Waals surface area contributed by atoms with Crippen LogP contribution in [0.15, 0.2) is 84.9 Å². The third-order valence-corrected chi connectivity index (χ3v) is 7.32. The van der Waals surface area contributed by atoms with Crippen LogP contribution in [0.3, 0.4) is 0 Å². The highest BCUT2D eigenvalue weighted by atomic mass is 16.1. The van der Waals surface area contributed by atoms with Gasteiger partial charge in [0.25, 0.3) is 0 Å². The lowest BCUT2D eigenvalue weighted by atomic mass is 9.91. The van der Waals surface area contributed by atoms with Crippen molar-refractivity contribution in [3.8, 4) is 0 Å². The molecule has 0 N–H and O–H groups in total. The summed E-state index contributed by atoms with van der Waals surface area (Å²) in [6, 6.07) is 30.0. The van der Waals surface area contributed by atoms with E-state index in [-0.39, 0.29) is 5.78 Å². The summed E-state index contributed by atoms with van der Waals surface area (Å²) in [6.45, 7) is 14.8. The van der Waals surface area contributed by atoms with Gasteiger partial charge >= 0.3 is 0 Å². The second-order valence-electron chi connectivity index (χ2n) is 10.3. The lowest BCUT2D eigenvalue weighted by Gasteiger charge is -2.21. The van der Waals surface area contributed by atoms with E-state index in [0.717, 1.165) is 35.3 Å². The fraction of sp³-hybridized carbons (Fsp3) is 0.250. The molecule has 0 aromatic heterocycles. The Balaban J connectivity index is 1.65. The maximum atomic E-state index is 12.9. The predicted molar refractivity (Wildman–Crippen MR) is 163 cm³/mol. The number of benzene rings is 4. The van der Waals surface area contributed by atoms with Crippen LogP contribution in [0.4, 0.5) is 5.69 Å². The van der Waals surface area contributed by atoms with Gasteiger partial charge in [-0.3, -0.25) is 4.79 Å². The fourth-order valence-electron chi connectivity index (χ4n) is 5.18. The van der Waals surface area contributed by atoms with Gasteiger partial charge in [-0.25, -0.2) is 0 Å². The smallest absolute Gasteiger partial charge is 0.167 e. The third-order valence-electron chi connectivity index (χ3n) is 7.32. The second-order valence-corrected chi connectivity index (χ2v) is 10.3. The van der Waals surface area contributed by atoms with E-state index in [4.69, 9.17) is 0 Å². The molecule has 0 saturated carbocycles. The highest BCUT2D eigenvalue weighted by Gasteiger charge is 2.12. The van der Waals surface area contributed by atoms with E-state index in [9.17, 15) is 4.79 Å². The van der Waals surface area contributed by atoms with Crippen LogP contribution in [-0.2, 0) is 6.42 Å². The van der Waals surface area contributed by atoms with Crippen LogP contribution in [0.5, 0.6) is 0 Å². The van der Waals surface area contributed by atoms with E-state index in [1.165, 1.54) is 39.1 Å². The molecule has 38 heavy (non-hydrogen) atoms. The van der Waals surface area contributed by atoms with Crippen molar-refractivity contribution in [3.05, 3.63) is 135 Å². The van der Waals surface area contributed by atoms with Gasteiger partial charge in [0, 0.05) is 30.8 Å². The molecule has 0 saturated heterocycles. The molecule has 0 atom stereocenters. The van der Waals surface area contributed by atoms with Crippen molar-refractivity contribution in [3.63, 3.8) is 0 Å². The summed E-state index contributed by atoms with van der Waals surface area (Å²) in [7, 11) is 0. The van der Waals surface area contributed by atoms with Gasteiger partial charge in [-0.2, -0.15) is 0 Å². The average molecular weight is 502 g/mol. The number of hydrogen-bond acceptors (Lipinski definition) is 2. The van der Waals surface area contributed by atoms with Gasteiger partial charge in [-0.1, -0.05) is 83.9 Å². The second kappa shape index (κ2) is 12.1. The molecule has 0 aliphatic carbocycles. The van der Waals surface area contributed by atoms with E-state index in [0.29, 0.717) is 6.42 Å². The minimum Gasteiger partial charge on any atom is -0.372 e. The summed E-state index contributed by atoms with van der Waals surface area (Å²) < 4.78 is 0. The molecule has 0 radical (unpaired) electrons. The number of nitrogens with zero attached hydrogens (tertiary/aromatic N) is 1. The van der Waals surface area contributed by atoms with Crippen molar-refractivity contribution in [1.82, 2.24) is 0 Å². The zero-order valence-corrected chi connectivity index (χ0v) is 23.6. The number of carbonyl (C=O) groups excluding carboxylic acids is 1. The Kier molecular flexibility index (Phi) is 8.63. The molecule has 2 nitrogen and oxygen atoms in total. The molecule has 0 heterocycles. The number of hydrogen-bond donors (Lipinski definition) is 0. The van der Waals surface area contributed by atoms with Gasteiger partial charge in [-0.15, -0.1) is 0 Å². The van der Waals surface area contributed by atoms with E-state index in [1.807, 2.05) is 19.1 Å². The summed E-state index contributed by atoms with van der Waals surface area (Å²) in [5.74, 6) is 0.162. The first-order valence-corrected chi connectivity index (χ1v) is 13.6. The molecule has 0 aliphatic rings. The Labute approximate surface area is 228 Å². The normalized spacial score (nSPS) is 11.5. The van der Waals surface area contributed by atoms with Crippen molar-refractivity contribution >= 4 is 23.1 Å². The molecule has 194 valence electrons. The van der Waals surface area contributed by atoms with E-state index in [2.05, 4.69) is 118 Å². The SMILES string of the molecule is CCN(CC)c1ccc(/C(=C\c2ccc(CC(=O)c3ccc(C)cc3C)cc2)c2ccc(C)cc2C)cc1. The van der Waals surface area contributed by atoms with Gasteiger partial charge in [0.1, 0.15) is 0 Å². The van der Waals surface area contributed by atoms with Crippen LogP contribution in [0, 0.1) is 27.7 Å². The van der Waals surface area contributed by atoms with Crippen molar-refractivity contribution in [2.24, 2.45) is 0 Å². The molecule has 0 unspecified atom stereocenters. The van der Waals surface area contributed by atoms with E-state index >= 15 is 0 Å². The molecule has 0 aliphatic heterocycles. The van der Waals surface area contributed by atoms with Crippen molar-refractivity contribution in [2.75, 3.05) is 18.0 Å². The Morgan fingerprint density at radius 3 is 1.76 bits per heavy atom. The van der Waals surface area contributed by atoms with Crippen molar-refractivity contribution < 1.29 is 4.79 Å². The number of anilines is 1. The van der Waals surface area contributed by atoms with E-state index < -0.39 is 0 Å². The highest BCUT2D eigenvalue weighted by Crippen LogP contribution is 2.31. The zero-order valence-electron chi connectivity index (χ0n) is 23.6. The molecule has 0 fully saturated rings. The van der Waals surface area contributed by atoms with Crippen LogP contribution >= 0.6 is 0 Å². The van der Waals surface area contributed by atoms with Crippen molar-refractivity contribution in [1.29, 1.82) is 0 Å². The van der Waals surface area contributed by atoms with Gasteiger partial charge in [0.2, 0.25) is 0 Å². The van der Waals surface area contributed by atoms with E-state index in [1.54, 1.807) is 0 Å². The molecule has 4 aromatic carbocycles. The number of ketones is 1. The van der Waals surface area contributed by atoms with Crippen LogP contribution in [0.2, 0.25) is 0 Å². The van der Waals surface area contributed by atoms with Crippen LogP contribution < -0.4 is 4.90 Å². The Bertz CT molecular complexity index is 1440. The van der Waals surface area contributed by atoms with Gasteiger partial charge in [0.15, 0.2) is 5.78 Å². The van der Waals surface area contributed by atoms with Gasteiger partial charge < -0.3 is 4.90 Å². The molecule has 2 heteroatoms. The first-order valence-electron chi connectivity index (χ1n) is 13.6. The summed E-state index contributed by atoms with van der Waals surface area (Å²) in [5.41, 5.74) is 12.6. The Morgan fingerprint density at radius 2 is 1.24 bits per heavy atom. The zero-order chi connectivity index (χ0) is 27.2. The number of carbonyl (C=O) groups is 1. The fourth-order valence-corrected chi connectivity index (χ4v) is 5.18. The van der Waals surface area contributed by atoms with Gasteiger partial charge in [0.05, 0.1) is 0 Å². The first kappa shape index (κ1) is 27.1. The quantitative estimate of drug-likeness (QED) is 0.169. The molecular weight excluding hydrogens is 462 g/mol. The lowest BCUT2D eigenvalue weighted by molar-refractivity contribution is 0.0992. The van der Waals surface area contributed by atoms with Gasteiger partial charge in [-0.05, 0) is 98.7 Å². The number of aryl methyl sites for hydroxylation is 4. The summed E-state index contributed by atoms with van der Waals surface area (Å²) in [5, 5.41) is 0. The molecule has 0 bridgehead atoms. The summed E-state index contributed by atoms with van der Waals surface area (Å²) in [4.78, 5) is 15.3. The van der Waals surface area contributed by atoms with Crippen LogP contribution in [-0.4, -0.2) is 18.9 Å². The largest absolute Gasteiger partial charge is 0.372 e. The van der Waals surface area contributed by atoms with Crippen molar-refractivity contribution in [2.45, 2.75) is 48.0 Å². The summed E-state index contributed by atoms with van der Waals surface area (Å²) >= 11 is 0. The molecule has 0 spiro atoms. The minimum atomic E-state index is 0.162. The molecule has 4 rings (SSSR count). The standard InChI is InChI=1S/C36H39NO/c1-7-37(8-2)32-17-15-31(16-18-32)35(33-19-9-25(3)21-27(33)5)23-29-11-13-30(14-12-29)24-36(38)34-20-10-26(4)22-28(34)6/h9-23H,7-8,24H2,1-6H3/b35-23+. The summed E-state index contributed by atoms with van der Waals surface area (Å²) in [6.07, 6.45) is 2.67. The van der Waals surface area contributed by atoms with Crippen LogP contribution in [0.1, 0.15) is 68.7 Å². The first-order chi connectivity index (χ1) is 18.3. The lowest BCUT2D eigenvalue weighted by Crippen LogP contribution is -2.21. The molecule has 4 aromatic rings. The number of rotatable bonds is 9. The highest BCUT2D eigenvalue weighted by molar-refractivity contribution is 5.99. The Hall–Kier alpha value is -3.91. The predicted octanol–water partition coefficient (Wildman–Crippen LogP) is 8.78. The average Bonchev–Trinajstić information content (AvgIpc) is 2.90. The number of Topliss-reactive ketones (excluding diaryl/α,β-unsaturated/α-hetero) is 1. The monoisotopic (exact) mass is 501 g/mol. The Morgan fingerprint density at radius 1 is 0.684 bits per heavy atom. The minimum absolute atomic E-state index is 0.162. The topological polar surface area (TPSA) is 20.3 Å². The third kappa shape index (κ3) is 6.31. The maximum Gasteiger partial charge on any atom is 0.167 e. The maximum absolute atomic E-state index is 12.9. The van der Waals surface area contributed by atoms with Crippen LogP contribution in [0.25, 0.3) is 11.6 Å². The molecular formula is C36H39NO.